The number of fused-ring (bicyclic) bond motifs is 1. The molecule has 0 bridgehead atoms. The lowest BCUT2D eigenvalue weighted by molar-refractivity contribution is 0.282. The zero-order chi connectivity index (χ0) is 10.1. The van der Waals surface area contributed by atoms with E-state index in [0.29, 0.717) is 0 Å². The average Bonchev–Trinajstić information content (AvgIpc) is 2.61. The van der Waals surface area contributed by atoms with Gasteiger partial charge in [0, 0.05) is 19.9 Å². The summed E-state index contributed by atoms with van der Waals surface area (Å²) >= 11 is 6.20. The van der Waals surface area contributed by atoms with Crippen molar-refractivity contribution >= 4 is 34.1 Å². The number of benzene rings is 1. The van der Waals surface area contributed by atoms with Gasteiger partial charge in [-0.15, -0.1) is 24.0 Å². The van der Waals surface area contributed by atoms with Gasteiger partial charge in [-0.3, -0.25) is 0 Å². The lowest BCUT2D eigenvalue weighted by Gasteiger charge is -1.99. The molecule has 0 fully saturated rings. The van der Waals surface area contributed by atoms with Crippen molar-refractivity contribution in [1.29, 1.82) is 0 Å². The fourth-order valence-corrected chi connectivity index (χ4v) is 3.01. The highest BCUT2D eigenvalue weighted by Crippen LogP contribution is 2.31. The standard InChI is InChI=1S/C11H12OS2/c1-2-8-5-9-10(13)3-7(6-12)4-11(9)14-8/h3-5,12-13H,2,6H2,1H3. The van der Waals surface area contributed by atoms with E-state index in [1.54, 1.807) is 11.3 Å². The van der Waals surface area contributed by atoms with Crippen LogP contribution in [0, 0.1) is 0 Å². The van der Waals surface area contributed by atoms with Crippen molar-refractivity contribution in [2.24, 2.45) is 0 Å². The molecule has 2 aromatic rings. The van der Waals surface area contributed by atoms with Crippen LogP contribution in [0.5, 0.6) is 0 Å². The Morgan fingerprint density at radius 1 is 1.36 bits per heavy atom. The Kier molecular flexibility index (Phi) is 2.81. The molecular weight excluding hydrogens is 212 g/mol. The highest BCUT2D eigenvalue weighted by Gasteiger charge is 2.05. The van der Waals surface area contributed by atoms with Gasteiger partial charge in [-0.1, -0.05) is 6.92 Å². The monoisotopic (exact) mass is 224 g/mol. The molecule has 1 heterocycles. The summed E-state index contributed by atoms with van der Waals surface area (Å²) in [6.07, 6.45) is 1.06. The zero-order valence-corrected chi connectivity index (χ0v) is 9.66. The van der Waals surface area contributed by atoms with Gasteiger partial charge >= 0.3 is 0 Å². The van der Waals surface area contributed by atoms with E-state index in [4.69, 9.17) is 5.11 Å². The van der Waals surface area contributed by atoms with Gasteiger partial charge in [0.25, 0.3) is 0 Å². The normalized spacial score (nSPS) is 11.1. The topological polar surface area (TPSA) is 20.2 Å². The molecule has 0 unspecified atom stereocenters. The molecule has 0 saturated carbocycles. The summed E-state index contributed by atoms with van der Waals surface area (Å²) in [6.45, 7) is 2.23. The zero-order valence-electron chi connectivity index (χ0n) is 7.95. The molecule has 0 saturated heterocycles. The molecule has 2 rings (SSSR count). The first-order chi connectivity index (χ1) is 6.74. The van der Waals surface area contributed by atoms with Gasteiger partial charge in [0.1, 0.15) is 0 Å². The molecule has 0 aliphatic heterocycles. The van der Waals surface area contributed by atoms with Crippen molar-refractivity contribution in [2.45, 2.75) is 24.8 Å². The van der Waals surface area contributed by atoms with E-state index in [-0.39, 0.29) is 6.61 Å². The maximum atomic E-state index is 9.06. The maximum absolute atomic E-state index is 9.06. The Hall–Kier alpha value is -0.510. The van der Waals surface area contributed by atoms with Crippen LogP contribution in [-0.2, 0) is 13.0 Å². The third-order valence-electron chi connectivity index (χ3n) is 2.26. The van der Waals surface area contributed by atoms with Gasteiger partial charge in [-0.05, 0) is 30.2 Å². The Balaban J connectivity index is 2.67. The predicted octanol–water partition coefficient (Wildman–Crippen LogP) is 3.24. The third-order valence-corrected chi connectivity index (χ3v) is 3.85. The van der Waals surface area contributed by atoms with Gasteiger partial charge in [-0.25, -0.2) is 0 Å². The molecule has 0 atom stereocenters. The molecular formula is C11H12OS2. The second kappa shape index (κ2) is 3.93. The molecule has 1 aromatic carbocycles. The minimum absolute atomic E-state index is 0.0862. The Labute approximate surface area is 92.8 Å². The fourth-order valence-electron chi connectivity index (χ4n) is 1.49. The fraction of sp³-hybridized carbons (Fsp3) is 0.273. The van der Waals surface area contributed by atoms with E-state index >= 15 is 0 Å². The van der Waals surface area contributed by atoms with E-state index in [0.717, 1.165) is 16.9 Å². The first-order valence-corrected chi connectivity index (χ1v) is 5.86. The van der Waals surface area contributed by atoms with E-state index in [9.17, 15) is 0 Å². The van der Waals surface area contributed by atoms with Crippen molar-refractivity contribution < 1.29 is 5.11 Å². The summed E-state index contributed by atoms with van der Waals surface area (Å²) in [5.41, 5.74) is 0.937. The number of hydrogen-bond acceptors (Lipinski definition) is 3. The summed E-state index contributed by atoms with van der Waals surface area (Å²) in [7, 11) is 0. The minimum Gasteiger partial charge on any atom is -0.392 e. The minimum atomic E-state index is 0.0862. The summed E-state index contributed by atoms with van der Waals surface area (Å²) in [5.74, 6) is 0. The second-order valence-corrected chi connectivity index (χ2v) is 4.90. The summed E-state index contributed by atoms with van der Waals surface area (Å²) in [4.78, 5) is 2.33. The van der Waals surface area contributed by atoms with Crippen molar-refractivity contribution in [3.63, 3.8) is 0 Å². The van der Waals surface area contributed by atoms with Crippen LogP contribution in [0.3, 0.4) is 0 Å². The highest BCUT2D eigenvalue weighted by molar-refractivity contribution is 7.80. The molecule has 1 nitrogen and oxygen atoms in total. The highest BCUT2D eigenvalue weighted by atomic mass is 32.1. The lowest BCUT2D eigenvalue weighted by atomic mass is 10.2. The van der Waals surface area contributed by atoms with Crippen LogP contribution >= 0.6 is 24.0 Å². The third kappa shape index (κ3) is 1.67. The molecule has 74 valence electrons. The van der Waals surface area contributed by atoms with Crippen molar-refractivity contribution in [1.82, 2.24) is 0 Å². The number of aliphatic hydroxyl groups is 1. The summed E-state index contributed by atoms with van der Waals surface area (Å²) in [6, 6.07) is 6.15. The molecule has 0 amide bonds. The van der Waals surface area contributed by atoms with Crippen molar-refractivity contribution in [2.75, 3.05) is 0 Å². The van der Waals surface area contributed by atoms with Crippen molar-refractivity contribution in [3.8, 4) is 0 Å². The predicted molar refractivity (Wildman–Crippen MR) is 64.4 cm³/mol. The number of aliphatic hydroxyl groups excluding tert-OH is 1. The van der Waals surface area contributed by atoms with Crippen LogP contribution < -0.4 is 0 Å². The average molecular weight is 224 g/mol. The van der Waals surface area contributed by atoms with E-state index in [1.165, 1.54) is 15.0 Å². The van der Waals surface area contributed by atoms with Crippen LogP contribution in [0.15, 0.2) is 23.1 Å². The van der Waals surface area contributed by atoms with E-state index in [1.807, 2.05) is 12.1 Å². The van der Waals surface area contributed by atoms with Crippen LogP contribution in [-0.4, -0.2) is 5.11 Å². The van der Waals surface area contributed by atoms with Crippen LogP contribution in [0.2, 0.25) is 0 Å². The van der Waals surface area contributed by atoms with Gasteiger partial charge in [-0.2, -0.15) is 0 Å². The number of thiophene rings is 1. The molecule has 0 spiro atoms. The van der Waals surface area contributed by atoms with E-state index in [2.05, 4.69) is 25.6 Å². The molecule has 0 aliphatic carbocycles. The SMILES string of the molecule is CCc1cc2c(S)cc(CO)cc2s1. The van der Waals surface area contributed by atoms with Gasteiger partial charge < -0.3 is 5.11 Å². The lowest BCUT2D eigenvalue weighted by Crippen LogP contribution is -1.81. The first-order valence-electron chi connectivity index (χ1n) is 4.59. The quantitative estimate of drug-likeness (QED) is 0.750. The molecule has 1 N–H and O–H groups in total. The first kappa shape index (κ1) is 10.0. The van der Waals surface area contributed by atoms with Crippen LogP contribution in [0.4, 0.5) is 0 Å². The Morgan fingerprint density at radius 2 is 2.14 bits per heavy atom. The van der Waals surface area contributed by atoms with E-state index < -0.39 is 0 Å². The Bertz CT molecular complexity index is 460. The number of rotatable bonds is 2. The van der Waals surface area contributed by atoms with Crippen LogP contribution in [0.25, 0.3) is 10.1 Å². The molecule has 0 radical (unpaired) electrons. The largest absolute Gasteiger partial charge is 0.392 e. The molecule has 0 aliphatic rings. The van der Waals surface area contributed by atoms with Gasteiger partial charge in [0.2, 0.25) is 0 Å². The van der Waals surface area contributed by atoms with Gasteiger partial charge in [0.15, 0.2) is 0 Å². The maximum Gasteiger partial charge on any atom is 0.0682 e. The van der Waals surface area contributed by atoms with Crippen LogP contribution in [0.1, 0.15) is 17.4 Å². The summed E-state index contributed by atoms with van der Waals surface area (Å²) < 4.78 is 1.22. The number of aryl methyl sites for hydroxylation is 1. The molecule has 14 heavy (non-hydrogen) atoms. The molecule has 1 aromatic heterocycles. The van der Waals surface area contributed by atoms with Gasteiger partial charge in [0.05, 0.1) is 6.61 Å². The number of thiol groups is 1. The second-order valence-electron chi connectivity index (χ2n) is 3.25. The Morgan fingerprint density at radius 3 is 2.79 bits per heavy atom. The summed E-state index contributed by atoms with van der Waals surface area (Å²) in [5, 5.41) is 10.3. The smallest absolute Gasteiger partial charge is 0.0682 e. The van der Waals surface area contributed by atoms with Crippen molar-refractivity contribution in [3.05, 3.63) is 28.6 Å². The number of hydrogen-bond donors (Lipinski definition) is 2. The molecule has 3 heteroatoms.